The Morgan fingerprint density at radius 2 is 1.91 bits per heavy atom. The Hall–Kier alpha value is -2.90. The van der Waals surface area contributed by atoms with Gasteiger partial charge in [-0.05, 0) is 0 Å². The standard InChI is InChI=1S/C14H12F2N6/c15-13(16)22-7-6-17-11(22)8-18-14-20-9-19-12(21-14)10-4-2-1-3-5-10/h1-7,9,13H,8H2,(H,18,19,20,21). The lowest BCUT2D eigenvalue weighted by molar-refractivity contribution is 0.0672. The highest BCUT2D eigenvalue weighted by molar-refractivity contribution is 5.55. The molecule has 0 aliphatic carbocycles. The number of nitrogens with zero attached hydrogens (tertiary/aromatic N) is 5. The summed E-state index contributed by atoms with van der Waals surface area (Å²) >= 11 is 0. The molecule has 1 aromatic carbocycles. The van der Waals surface area contributed by atoms with Crippen LogP contribution in [0.15, 0.2) is 49.1 Å². The molecule has 22 heavy (non-hydrogen) atoms. The van der Waals surface area contributed by atoms with Crippen LogP contribution in [0, 0.1) is 0 Å². The third-order valence-electron chi connectivity index (χ3n) is 2.97. The van der Waals surface area contributed by atoms with E-state index in [1.165, 1.54) is 18.7 Å². The highest BCUT2D eigenvalue weighted by Gasteiger charge is 2.11. The van der Waals surface area contributed by atoms with Crippen molar-refractivity contribution < 1.29 is 8.78 Å². The zero-order valence-electron chi connectivity index (χ0n) is 11.4. The topological polar surface area (TPSA) is 68.5 Å². The lowest BCUT2D eigenvalue weighted by Gasteiger charge is -2.08. The van der Waals surface area contributed by atoms with Crippen LogP contribution < -0.4 is 5.32 Å². The molecule has 0 radical (unpaired) electrons. The molecular weight excluding hydrogens is 290 g/mol. The molecule has 2 aromatic heterocycles. The first-order chi connectivity index (χ1) is 10.7. The molecule has 0 bridgehead atoms. The number of rotatable bonds is 5. The summed E-state index contributed by atoms with van der Waals surface area (Å²) in [4.78, 5) is 16.2. The number of halogens is 2. The second-order valence-corrected chi connectivity index (χ2v) is 4.38. The lowest BCUT2D eigenvalue weighted by Crippen LogP contribution is -2.11. The quantitative estimate of drug-likeness (QED) is 0.785. The Balaban J connectivity index is 1.75. The minimum atomic E-state index is -2.63. The molecule has 112 valence electrons. The van der Waals surface area contributed by atoms with E-state index in [0.29, 0.717) is 11.8 Å². The number of hydrogen-bond acceptors (Lipinski definition) is 5. The SMILES string of the molecule is FC(F)n1ccnc1CNc1ncnc(-c2ccccc2)n1. The van der Waals surface area contributed by atoms with Crippen LogP contribution in [0.1, 0.15) is 12.4 Å². The zero-order chi connectivity index (χ0) is 15.4. The molecule has 0 amide bonds. The third kappa shape index (κ3) is 3.05. The maximum Gasteiger partial charge on any atom is 0.319 e. The molecular formula is C14H12F2N6. The average molecular weight is 302 g/mol. The fourth-order valence-corrected chi connectivity index (χ4v) is 1.92. The number of alkyl halides is 2. The summed E-state index contributed by atoms with van der Waals surface area (Å²) in [5, 5.41) is 2.87. The van der Waals surface area contributed by atoms with Crippen molar-refractivity contribution in [2.45, 2.75) is 13.1 Å². The molecule has 0 spiro atoms. The predicted octanol–water partition coefficient (Wildman–Crippen LogP) is 2.74. The minimum Gasteiger partial charge on any atom is -0.347 e. The van der Waals surface area contributed by atoms with Crippen LogP contribution in [0.4, 0.5) is 14.7 Å². The Morgan fingerprint density at radius 3 is 2.68 bits per heavy atom. The van der Waals surface area contributed by atoms with Gasteiger partial charge in [0.15, 0.2) is 5.82 Å². The van der Waals surface area contributed by atoms with Crippen LogP contribution >= 0.6 is 0 Å². The smallest absolute Gasteiger partial charge is 0.319 e. The van der Waals surface area contributed by atoms with Gasteiger partial charge in [0.2, 0.25) is 5.95 Å². The first kappa shape index (κ1) is 14.1. The van der Waals surface area contributed by atoms with Crippen molar-refractivity contribution in [2.24, 2.45) is 0 Å². The van der Waals surface area contributed by atoms with Gasteiger partial charge in [0.1, 0.15) is 12.2 Å². The Morgan fingerprint density at radius 1 is 1.09 bits per heavy atom. The van der Waals surface area contributed by atoms with Gasteiger partial charge in [0, 0.05) is 18.0 Å². The molecule has 0 atom stereocenters. The fraction of sp³-hybridized carbons (Fsp3) is 0.143. The summed E-state index contributed by atoms with van der Waals surface area (Å²) in [5.41, 5.74) is 0.849. The van der Waals surface area contributed by atoms with Gasteiger partial charge >= 0.3 is 6.55 Å². The fourth-order valence-electron chi connectivity index (χ4n) is 1.92. The van der Waals surface area contributed by atoms with Crippen LogP contribution in [0.5, 0.6) is 0 Å². The highest BCUT2D eigenvalue weighted by atomic mass is 19.3. The number of hydrogen-bond donors (Lipinski definition) is 1. The summed E-state index contributed by atoms with van der Waals surface area (Å²) in [5.74, 6) is 1.02. The van der Waals surface area contributed by atoms with E-state index in [1.54, 1.807) is 0 Å². The summed E-state index contributed by atoms with van der Waals surface area (Å²) in [7, 11) is 0. The van der Waals surface area contributed by atoms with E-state index in [-0.39, 0.29) is 12.4 Å². The molecule has 0 aliphatic rings. The monoisotopic (exact) mass is 302 g/mol. The maximum atomic E-state index is 12.7. The number of imidazole rings is 1. The Labute approximate surface area is 124 Å². The molecule has 8 heteroatoms. The number of nitrogens with one attached hydrogen (secondary N) is 1. The summed E-state index contributed by atoms with van der Waals surface area (Å²) in [6, 6.07) is 9.41. The molecule has 0 saturated heterocycles. The van der Waals surface area contributed by atoms with Gasteiger partial charge in [-0.15, -0.1) is 0 Å². The van der Waals surface area contributed by atoms with Crippen molar-refractivity contribution in [3.8, 4) is 11.4 Å². The molecule has 0 unspecified atom stereocenters. The van der Waals surface area contributed by atoms with Crippen molar-refractivity contribution in [1.29, 1.82) is 0 Å². The molecule has 1 N–H and O–H groups in total. The first-order valence-corrected chi connectivity index (χ1v) is 6.52. The van der Waals surface area contributed by atoms with Crippen molar-refractivity contribution in [1.82, 2.24) is 24.5 Å². The summed E-state index contributed by atoms with van der Waals surface area (Å²) in [6.45, 7) is -2.53. The molecule has 0 aliphatic heterocycles. The van der Waals surface area contributed by atoms with Gasteiger partial charge in [-0.3, -0.25) is 4.57 Å². The van der Waals surface area contributed by atoms with E-state index < -0.39 is 6.55 Å². The van der Waals surface area contributed by atoms with Gasteiger partial charge in [-0.1, -0.05) is 30.3 Å². The number of anilines is 1. The van der Waals surface area contributed by atoms with Crippen molar-refractivity contribution in [3.63, 3.8) is 0 Å². The number of aromatic nitrogens is 5. The zero-order valence-corrected chi connectivity index (χ0v) is 11.4. The van der Waals surface area contributed by atoms with E-state index in [0.717, 1.165) is 10.1 Å². The predicted molar refractivity (Wildman–Crippen MR) is 76.1 cm³/mol. The van der Waals surface area contributed by atoms with Crippen LogP contribution in [-0.4, -0.2) is 24.5 Å². The Kier molecular flexibility index (Phi) is 3.99. The molecule has 3 aromatic rings. The van der Waals surface area contributed by atoms with Crippen molar-refractivity contribution >= 4 is 5.95 Å². The van der Waals surface area contributed by atoms with Crippen molar-refractivity contribution in [3.05, 3.63) is 54.9 Å². The van der Waals surface area contributed by atoms with Gasteiger partial charge in [-0.25, -0.2) is 15.0 Å². The van der Waals surface area contributed by atoms with Gasteiger partial charge in [0.05, 0.1) is 6.54 Å². The molecule has 3 rings (SSSR count). The van der Waals surface area contributed by atoms with Gasteiger partial charge in [0.25, 0.3) is 0 Å². The highest BCUT2D eigenvalue weighted by Crippen LogP contribution is 2.15. The van der Waals surface area contributed by atoms with E-state index in [2.05, 4.69) is 25.3 Å². The van der Waals surface area contributed by atoms with E-state index in [4.69, 9.17) is 0 Å². The first-order valence-electron chi connectivity index (χ1n) is 6.52. The van der Waals surface area contributed by atoms with E-state index in [9.17, 15) is 8.78 Å². The minimum absolute atomic E-state index is 0.0928. The second-order valence-electron chi connectivity index (χ2n) is 4.38. The maximum absolute atomic E-state index is 12.7. The second kappa shape index (κ2) is 6.25. The molecule has 0 saturated carbocycles. The molecule has 2 heterocycles. The van der Waals surface area contributed by atoms with Crippen LogP contribution in [-0.2, 0) is 6.54 Å². The molecule has 0 fully saturated rings. The molecule has 6 nitrogen and oxygen atoms in total. The lowest BCUT2D eigenvalue weighted by atomic mass is 10.2. The van der Waals surface area contributed by atoms with Crippen LogP contribution in [0.25, 0.3) is 11.4 Å². The van der Waals surface area contributed by atoms with Crippen LogP contribution in [0.2, 0.25) is 0 Å². The third-order valence-corrected chi connectivity index (χ3v) is 2.97. The summed E-state index contributed by atoms with van der Waals surface area (Å²) < 4.78 is 26.2. The van der Waals surface area contributed by atoms with E-state index >= 15 is 0 Å². The largest absolute Gasteiger partial charge is 0.347 e. The van der Waals surface area contributed by atoms with Crippen LogP contribution in [0.3, 0.4) is 0 Å². The Bertz CT molecular complexity index is 744. The van der Waals surface area contributed by atoms with Gasteiger partial charge in [-0.2, -0.15) is 13.8 Å². The van der Waals surface area contributed by atoms with E-state index in [1.807, 2.05) is 30.3 Å². The van der Waals surface area contributed by atoms with Gasteiger partial charge < -0.3 is 5.32 Å². The normalized spacial score (nSPS) is 10.9. The van der Waals surface area contributed by atoms with Crippen molar-refractivity contribution in [2.75, 3.05) is 5.32 Å². The summed E-state index contributed by atoms with van der Waals surface area (Å²) in [6.07, 6.45) is 3.92. The number of benzene rings is 1. The average Bonchev–Trinajstić information content (AvgIpc) is 3.03.